The van der Waals surface area contributed by atoms with E-state index in [4.69, 9.17) is 0 Å². The number of benzene rings is 1. The van der Waals surface area contributed by atoms with E-state index in [0.717, 1.165) is 45.6 Å². The smallest absolute Gasteiger partial charge is 0.272 e. The monoisotopic (exact) mass is 554 g/mol. The molecule has 40 heavy (non-hydrogen) atoms. The topological polar surface area (TPSA) is 132 Å². The number of nitrogens with zero attached hydrogens (tertiary/aromatic N) is 4. The lowest BCUT2D eigenvalue weighted by atomic mass is 9.98. The summed E-state index contributed by atoms with van der Waals surface area (Å²) >= 11 is 1.52. The van der Waals surface area contributed by atoms with Crippen molar-refractivity contribution in [3.05, 3.63) is 75.0 Å². The Morgan fingerprint density at radius 2 is 2.08 bits per heavy atom. The van der Waals surface area contributed by atoms with Gasteiger partial charge >= 0.3 is 0 Å². The predicted molar refractivity (Wildman–Crippen MR) is 155 cm³/mol. The van der Waals surface area contributed by atoms with Gasteiger partial charge in [0, 0.05) is 53.7 Å². The Balaban J connectivity index is 1.26. The SMILES string of the molecule is CCNCc1cncc(-c2ccc3[nH]nc(-c4ncc(C(=O)N5CCc6c(C(=O)NC)csc6C5)[nH]4)c3c2)c1C. The third kappa shape index (κ3) is 4.56. The van der Waals surface area contributed by atoms with E-state index in [1.807, 2.05) is 23.8 Å². The number of amides is 2. The second-order valence-electron chi connectivity index (χ2n) is 9.84. The second-order valence-corrected chi connectivity index (χ2v) is 10.8. The van der Waals surface area contributed by atoms with Gasteiger partial charge in [-0.15, -0.1) is 11.3 Å². The molecule has 2 amide bonds. The number of imidazole rings is 1. The lowest BCUT2D eigenvalue weighted by Crippen LogP contribution is -2.36. The van der Waals surface area contributed by atoms with Crippen molar-refractivity contribution >= 4 is 34.1 Å². The molecule has 1 aromatic carbocycles. The van der Waals surface area contributed by atoms with Crippen molar-refractivity contribution in [1.82, 2.24) is 40.7 Å². The number of fused-ring (bicyclic) bond motifs is 2. The van der Waals surface area contributed by atoms with Gasteiger partial charge in [-0.3, -0.25) is 19.7 Å². The second kappa shape index (κ2) is 10.7. The summed E-state index contributed by atoms with van der Waals surface area (Å²) < 4.78 is 0. The first-order valence-electron chi connectivity index (χ1n) is 13.3. The lowest BCUT2D eigenvalue weighted by molar-refractivity contribution is 0.0731. The number of aromatic amines is 2. The summed E-state index contributed by atoms with van der Waals surface area (Å²) in [4.78, 5) is 40.6. The number of thiophene rings is 1. The molecule has 1 aliphatic heterocycles. The molecule has 0 atom stereocenters. The molecule has 4 N–H and O–H groups in total. The molecular weight excluding hydrogens is 524 g/mol. The highest BCUT2D eigenvalue weighted by Crippen LogP contribution is 2.32. The Bertz CT molecular complexity index is 1730. The molecule has 5 heterocycles. The molecule has 0 fully saturated rings. The van der Waals surface area contributed by atoms with Crippen LogP contribution in [0.2, 0.25) is 0 Å². The van der Waals surface area contributed by atoms with E-state index < -0.39 is 0 Å². The number of hydrogen-bond acceptors (Lipinski definition) is 7. The molecule has 0 unspecified atom stereocenters. The fourth-order valence-corrected chi connectivity index (χ4v) is 6.30. The molecule has 5 aromatic rings. The number of carbonyl (C=O) groups excluding carboxylic acids is 2. The van der Waals surface area contributed by atoms with Crippen LogP contribution in [-0.4, -0.2) is 62.0 Å². The Labute approximate surface area is 235 Å². The number of pyridine rings is 1. The predicted octanol–water partition coefficient (Wildman–Crippen LogP) is 4.05. The van der Waals surface area contributed by atoms with Gasteiger partial charge in [-0.1, -0.05) is 13.0 Å². The van der Waals surface area contributed by atoms with E-state index in [1.54, 1.807) is 18.1 Å². The standard InChI is InChI=1S/C29H30N8O2S/c1-4-31-10-18-11-32-12-21(16(18)2)17-5-6-23-20(9-17)26(36-35-23)27-33-13-24(34-27)29(39)37-8-7-19-22(28(38)30-3)15-40-25(19)14-37/h5-6,9,11-13,15,31H,4,7-8,10,14H2,1-3H3,(H,30,38)(H,33,34)(H,35,36). The molecule has 0 saturated carbocycles. The first kappa shape index (κ1) is 25.9. The normalized spacial score (nSPS) is 13.0. The average Bonchev–Trinajstić information content (AvgIpc) is 3.73. The molecule has 1 aliphatic rings. The molecule has 0 saturated heterocycles. The van der Waals surface area contributed by atoms with Crippen molar-refractivity contribution in [3.63, 3.8) is 0 Å². The Morgan fingerprint density at radius 3 is 2.90 bits per heavy atom. The van der Waals surface area contributed by atoms with Gasteiger partial charge in [0.2, 0.25) is 0 Å². The van der Waals surface area contributed by atoms with Gasteiger partial charge in [0.15, 0.2) is 5.82 Å². The maximum atomic E-state index is 13.4. The molecule has 11 heteroatoms. The van der Waals surface area contributed by atoms with Crippen LogP contribution in [0.1, 0.15) is 49.3 Å². The zero-order valence-electron chi connectivity index (χ0n) is 22.6. The van der Waals surface area contributed by atoms with Crippen LogP contribution in [-0.2, 0) is 19.5 Å². The molecule has 10 nitrogen and oxygen atoms in total. The van der Waals surface area contributed by atoms with Crippen LogP contribution in [0.25, 0.3) is 33.5 Å². The van der Waals surface area contributed by atoms with Gasteiger partial charge in [0.05, 0.1) is 23.8 Å². The highest BCUT2D eigenvalue weighted by molar-refractivity contribution is 7.10. The summed E-state index contributed by atoms with van der Waals surface area (Å²) in [5, 5.41) is 16.5. The average molecular weight is 555 g/mol. The van der Waals surface area contributed by atoms with Crippen molar-refractivity contribution in [3.8, 4) is 22.6 Å². The van der Waals surface area contributed by atoms with E-state index in [-0.39, 0.29) is 11.8 Å². The Kier molecular flexibility index (Phi) is 6.91. The zero-order chi connectivity index (χ0) is 27.8. The van der Waals surface area contributed by atoms with E-state index in [0.29, 0.717) is 42.3 Å². The molecule has 0 spiro atoms. The summed E-state index contributed by atoms with van der Waals surface area (Å²) in [5.41, 5.74) is 8.14. The van der Waals surface area contributed by atoms with Gasteiger partial charge in [-0.25, -0.2) is 4.98 Å². The number of hydrogen-bond donors (Lipinski definition) is 4. The molecule has 4 aromatic heterocycles. The quantitative estimate of drug-likeness (QED) is 0.240. The van der Waals surface area contributed by atoms with Crippen LogP contribution in [0.15, 0.2) is 42.2 Å². The van der Waals surface area contributed by atoms with Crippen molar-refractivity contribution in [2.24, 2.45) is 0 Å². The van der Waals surface area contributed by atoms with Gasteiger partial charge in [-0.2, -0.15) is 5.10 Å². The minimum Gasteiger partial charge on any atom is -0.355 e. The van der Waals surface area contributed by atoms with Crippen molar-refractivity contribution in [2.75, 3.05) is 20.1 Å². The molecule has 6 rings (SSSR count). The summed E-state index contributed by atoms with van der Waals surface area (Å²) in [6.45, 7) is 6.88. The highest BCUT2D eigenvalue weighted by Gasteiger charge is 2.28. The lowest BCUT2D eigenvalue weighted by Gasteiger charge is -2.26. The fourth-order valence-electron chi connectivity index (χ4n) is 5.21. The Morgan fingerprint density at radius 1 is 1.20 bits per heavy atom. The minimum absolute atomic E-state index is 0.0856. The summed E-state index contributed by atoms with van der Waals surface area (Å²) in [6, 6.07) is 6.16. The summed E-state index contributed by atoms with van der Waals surface area (Å²) in [6.07, 6.45) is 6.02. The molecule has 0 radical (unpaired) electrons. The maximum Gasteiger partial charge on any atom is 0.272 e. The first-order chi connectivity index (χ1) is 19.5. The Hall–Kier alpha value is -4.35. The van der Waals surface area contributed by atoms with Crippen molar-refractivity contribution in [2.45, 2.75) is 33.4 Å². The highest BCUT2D eigenvalue weighted by atomic mass is 32.1. The fraction of sp³-hybridized carbons (Fsp3) is 0.276. The van der Waals surface area contributed by atoms with Gasteiger partial charge < -0.3 is 20.5 Å². The van der Waals surface area contributed by atoms with Gasteiger partial charge in [0.25, 0.3) is 11.8 Å². The third-order valence-electron chi connectivity index (χ3n) is 7.50. The minimum atomic E-state index is -0.126. The van der Waals surface area contributed by atoms with E-state index in [9.17, 15) is 9.59 Å². The van der Waals surface area contributed by atoms with E-state index in [2.05, 4.69) is 61.8 Å². The largest absolute Gasteiger partial charge is 0.355 e. The number of aromatic nitrogens is 5. The van der Waals surface area contributed by atoms with E-state index in [1.165, 1.54) is 22.5 Å². The number of nitrogens with one attached hydrogen (secondary N) is 4. The maximum absolute atomic E-state index is 13.4. The van der Waals surface area contributed by atoms with Crippen molar-refractivity contribution in [1.29, 1.82) is 0 Å². The van der Waals surface area contributed by atoms with Crippen LogP contribution in [0.4, 0.5) is 0 Å². The molecular formula is C29H30N8O2S. The van der Waals surface area contributed by atoms with Crippen LogP contribution >= 0.6 is 11.3 Å². The molecule has 0 aliphatic carbocycles. The van der Waals surface area contributed by atoms with E-state index >= 15 is 0 Å². The van der Waals surface area contributed by atoms with Gasteiger partial charge in [0.1, 0.15) is 11.4 Å². The number of rotatable bonds is 7. The van der Waals surface area contributed by atoms with Crippen LogP contribution < -0.4 is 10.6 Å². The zero-order valence-corrected chi connectivity index (χ0v) is 23.4. The molecule has 204 valence electrons. The van der Waals surface area contributed by atoms with Crippen molar-refractivity contribution < 1.29 is 9.59 Å². The first-order valence-corrected chi connectivity index (χ1v) is 14.1. The third-order valence-corrected chi connectivity index (χ3v) is 8.51. The van der Waals surface area contributed by atoms with Crippen LogP contribution in [0, 0.1) is 6.92 Å². The summed E-state index contributed by atoms with van der Waals surface area (Å²) in [7, 11) is 1.63. The number of carbonyl (C=O) groups is 2. The van der Waals surface area contributed by atoms with Gasteiger partial charge in [-0.05, 0) is 54.3 Å². The van der Waals surface area contributed by atoms with Crippen LogP contribution in [0.3, 0.4) is 0 Å². The summed E-state index contributed by atoms with van der Waals surface area (Å²) in [5.74, 6) is 0.315. The van der Waals surface area contributed by atoms with Crippen LogP contribution in [0.5, 0.6) is 0 Å². The molecule has 0 bridgehead atoms. The number of H-pyrrole nitrogens is 2.